The fourth-order valence-corrected chi connectivity index (χ4v) is 3.27. The Hall–Kier alpha value is -2.93. The van der Waals surface area contributed by atoms with Crippen LogP contribution in [0.4, 0.5) is 0 Å². The number of carbonyl (C=O) groups is 1. The average molecular weight is 370 g/mol. The van der Waals surface area contributed by atoms with Crippen molar-refractivity contribution in [1.82, 2.24) is 10.2 Å². The van der Waals surface area contributed by atoms with Gasteiger partial charge in [0.15, 0.2) is 16.5 Å². The van der Waals surface area contributed by atoms with Crippen LogP contribution in [-0.2, 0) is 0 Å². The molecule has 7 heteroatoms. The molecule has 0 amide bonds. The van der Waals surface area contributed by atoms with E-state index in [1.54, 1.807) is 12.1 Å². The summed E-state index contributed by atoms with van der Waals surface area (Å²) >= 11 is 1.25. The Bertz CT molecular complexity index is 910. The van der Waals surface area contributed by atoms with Crippen molar-refractivity contribution >= 4 is 17.1 Å². The molecule has 0 unspecified atom stereocenters. The first-order valence-corrected chi connectivity index (χ1v) is 8.64. The molecular weight excluding hydrogens is 352 g/mol. The number of ketones is 1. The molecule has 0 spiro atoms. The van der Waals surface area contributed by atoms with Gasteiger partial charge in [-0.3, -0.25) is 4.79 Å². The van der Waals surface area contributed by atoms with E-state index < -0.39 is 0 Å². The quantitative estimate of drug-likeness (QED) is 0.615. The van der Waals surface area contributed by atoms with Crippen molar-refractivity contribution in [1.29, 1.82) is 0 Å². The van der Waals surface area contributed by atoms with Crippen molar-refractivity contribution in [3.63, 3.8) is 0 Å². The van der Waals surface area contributed by atoms with E-state index in [0.29, 0.717) is 32.8 Å². The van der Waals surface area contributed by atoms with E-state index in [2.05, 4.69) is 10.2 Å². The molecule has 0 atom stereocenters. The smallest absolute Gasteiger partial charge is 0.223 e. The molecule has 134 valence electrons. The van der Waals surface area contributed by atoms with Crippen LogP contribution in [0.25, 0.3) is 10.6 Å². The van der Waals surface area contributed by atoms with Gasteiger partial charge in [-0.25, -0.2) is 0 Å². The Morgan fingerprint density at radius 1 is 0.923 bits per heavy atom. The van der Waals surface area contributed by atoms with Gasteiger partial charge in [0.25, 0.3) is 0 Å². The zero-order valence-corrected chi connectivity index (χ0v) is 15.7. The summed E-state index contributed by atoms with van der Waals surface area (Å²) in [6, 6.07) is 11.1. The zero-order chi connectivity index (χ0) is 18.7. The lowest BCUT2D eigenvalue weighted by Gasteiger charge is -2.13. The van der Waals surface area contributed by atoms with Crippen LogP contribution < -0.4 is 14.2 Å². The summed E-state index contributed by atoms with van der Waals surface area (Å²) in [5.74, 6) is 1.02. The predicted octanol–water partition coefficient (Wildman–Crippen LogP) is 3.77. The van der Waals surface area contributed by atoms with Gasteiger partial charge in [0, 0.05) is 11.1 Å². The molecule has 3 rings (SSSR count). The highest BCUT2D eigenvalue weighted by atomic mass is 32.1. The zero-order valence-electron chi connectivity index (χ0n) is 14.9. The van der Waals surface area contributed by atoms with Gasteiger partial charge < -0.3 is 14.2 Å². The molecule has 3 aromatic rings. The van der Waals surface area contributed by atoms with Gasteiger partial charge >= 0.3 is 0 Å². The van der Waals surface area contributed by atoms with Crippen molar-refractivity contribution in [3.05, 3.63) is 52.5 Å². The highest BCUT2D eigenvalue weighted by molar-refractivity contribution is 7.16. The Balaban J connectivity index is 1.96. The SMILES string of the molecule is COc1cc(C(=O)c2nnc(-c3ccc(C)cc3)s2)cc(OC)c1OC. The lowest BCUT2D eigenvalue weighted by molar-refractivity contribution is 0.103. The van der Waals surface area contributed by atoms with Crippen LogP contribution >= 0.6 is 11.3 Å². The summed E-state index contributed by atoms with van der Waals surface area (Å²) < 4.78 is 15.9. The van der Waals surface area contributed by atoms with Gasteiger partial charge in [-0.2, -0.15) is 0 Å². The van der Waals surface area contributed by atoms with Crippen LogP contribution in [0.2, 0.25) is 0 Å². The number of ether oxygens (including phenoxy) is 3. The second-order valence-corrected chi connectivity index (χ2v) is 6.50. The summed E-state index contributed by atoms with van der Waals surface area (Å²) in [4.78, 5) is 12.8. The average Bonchev–Trinajstić information content (AvgIpc) is 3.16. The Labute approximate surface area is 155 Å². The summed E-state index contributed by atoms with van der Waals surface area (Å²) in [5.41, 5.74) is 2.48. The van der Waals surface area contributed by atoms with E-state index in [4.69, 9.17) is 14.2 Å². The van der Waals surface area contributed by atoms with Crippen molar-refractivity contribution < 1.29 is 19.0 Å². The fraction of sp³-hybridized carbons (Fsp3) is 0.211. The van der Waals surface area contributed by atoms with Gasteiger partial charge in [-0.1, -0.05) is 41.2 Å². The molecule has 1 heterocycles. The molecule has 0 N–H and O–H groups in total. The molecular formula is C19H18N2O4S. The molecule has 2 aromatic carbocycles. The van der Waals surface area contributed by atoms with Crippen LogP contribution in [0.15, 0.2) is 36.4 Å². The molecule has 0 aliphatic heterocycles. The molecule has 0 saturated heterocycles. The van der Waals surface area contributed by atoms with Gasteiger partial charge in [0.1, 0.15) is 5.01 Å². The third-order valence-corrected chi connectivity index (χ3v) is 4.82. The van der Waals surface area contributed by atoms with Crippen LogP contribution in [0.1, 0.15) is 20.9 Å². The number of hydrogen-bond donors (Lipinski definition) is 0. The van der Waals surface area contributed by atoms with Gasteiger partial charge in [0.05, 0.1) is 21.3 Å². The van der Waals surface area contributed by atoms with Crippen LogP contribution in [0.3, 0.4) is 0 Å². The van der Waals surface area contributed by atoms with E-state index in [9.17, 15) is 4.79 Å². The van der Waals surface area contributed by atoms with Crippen LogP contribution in [0.5, 0.6) is 17.2 Å². The largest absolute Gasteiger partial charge is 0.493 e. The monoisotopic (exact) mass is 370 g/mol. The number of aryl methyl sites for hydroxylation is 1. The normalized spacial score (nSPS) is 10.5. The second kappa shape index (κ2) is 7.53. The van der Waals surface area contributed by atoms with E-state index in [0.717, 1.165) is 11.1 Å². The summed E-state index contributed by atoms with van der Waals surface area (Å²) in [6.07, 6.45) is 0. The fourth-order valence-electron chi connectivity index (χ4n) is 2.46. The Morgan fingerprint density at radius 2 is 1.54 bits per heavy atom. The van der Waals surface area contributed by atoms with Crippen LogP contribution in [-0.4, -0.2) is 37.3 Å². The Kier molecular flexibility index (Phi) is 5.18. The molecule has 0 aliphatic carbocycles. The predicted molar refractivity (Wildman–Crippen MR) is 99.6 cm³/mol. The van der Waals surface area contributed by atoms with Crippen molar-refractivity contribution in [2.75, 3.05) is 21.3 Å². The molecule has 0 fully saturated rings. The minimum atomic E-state index is -0.250. The third kappa shape index (κ3) is 3.39. The first kappa shape index (κ1) is 17.9. The molecule has 0 saturated carbocycles. The first-order chi connectivity index (χ1) is 12.6. The standard InChI is InChI=1S/C19H18N2O4S/c1-11-5-7-12(8-6-11)18-20-21-19(26-18)16(22)13-9-14(23-2)17(25-4)15(10-13)24-3/h5-10H,1-4H3. The molecule has 6 nitrogen and oxygen atoms in total. The highest BCUT2D eigenvalue weighted by Crippen LogP contribution is 2.39. The minimum Gasteiger partial charge on any atom is -0.493 e. The maximum Gasteiger partial charge on any atom is 0.223 e. The van der Waals surface area contributed by atoms with E-state index in [-0.39, 0.29) is 5.78 Å². The van der Waals surface area contributed by atoms with E-state index in [1.807, 2.05) is 31.2 Å². The number of benzene rings is 2. The summed E-state index contributed by atoms with van der Waals surface area (Å²) in [7, 11) is 4.53. The first-order valence-electron chi connectivity index (χ1n) is 7.82. The lowest BCUT2D eigenvalue weighted by Crippen LogP contribution is -2.04. The van der Waals surface area contributed by atoms with E-state index >= 15 is 0 Å². The lowest BCUT2D eigenvalue weighted by atomic mass is 10.1. The van der Waals surface area contributed by atoms with Crippen molar-refractivity contribution in [3.8, 4) is 27.8 Å². The van der Waals surface area contributed by atoms with Gasteiger partial charge in [-0.05, 0) is 19.1 Å². The highest BCUT2D eigenvalue weighted by Gasteiger charge is 2.21. The van der Waals surface area contributed by atoms with E-state index in [1.165, 1.54) is 32.7 Å². The number of hydrogen-bond acceptors (Lipinski definition) is 7. The molecule has 26 heavy (non-hydrogen) atoms. The maximum atomic E-state index is 12.8. The van der Waals surface area contributed by atoms with Crippen LogP contribution in [0, 0.1) is 6.92 Å². The summed E-state index contributed by atoms with van der Waals surface area (Å²) in [6.45, 7) is 2.02. The molecule has 1 aromatic heterocycles. The second-order valence-electron chi connectivity index (χ2n) is 5.52. The maximum absolute atomic E-state index is 12.8. The van der Waals surface area contributed by atoms with Gasteiger partial charge in [-0.15, -0.1) is 10.2 Å². The molecule has 0 bridgehead atoms. The Morgan fingerprint density at radius 3 is 2.08 bits per heavy atom. The van der Waals surface area contributed by atoms with Gasteiger partial charge in [0.2, 0.25) is 11.5 Å². The number of nitrogens with zero attached hydrogens (tertiary/aromatic N) is 2. The van der Waals surface area contributed by atoms with Crippen molar-refractivity contribution in [2.24, 2.45) is 0 Å². The number of aromatic nitrogens is 2. The topological polar surface area (TPSA) is 70.5 Å². The summed E-state index contributed by atoms with van der Waals surface area (Å²) in [5, 5.41) is 9.19. The number of carbonyl (C=O) groups excluding carboxylic acids is 1. The van der Waals surface area contributed by atoms with Crippen molar-refractivity contribution in [2.45, 2.75) is 6.92 Å². The number of methoxy groups -OCH3 is 3. The molecule has 0 radical (unpaired) electrons. The third-order valence-electron chi connectivity index (χ3n) is 3.84. The minimum absolute atomic E-state index is 0.250. The number of rotatable bonds is 6. The molecule has 0 aliphatic rings.